The van der Waals surface area contributed by atoms with Gasteiger partial charge in [-0.25, -0.2) is 4.79 Å². The van der Waals surface area contributed by atoms with Gasteiger partial charge in [-0.1, -0.05) is 0 Å². The molecule has 0 saturated carbocycles. The highest BCUT2D eigenvalue weighted by molar-refractivity contribution is 5.68. The van der Waals surface area contributed by atoms with Gasteiger partial charge in [-0.2, -0.15) is 0 Å². The van der Waals surface area contributed by atoms with Gasteiger partial charge in [0.1, 0.15) is 0 Å². The van der Waals surface area contributed by atoms with Crippen LogP contribution in [0.15, 0.2) is 0 Å². The molecule has 4 nitrogen and oxygen atoms in total. The van der Waals surface area contributed by atoms with Gasteiger partial charge >= 0.3 is 6.09 Å². The Morgan fingerprint density at radius 1 is 1.75 bits per heavy atom. The SMILES string of the molecule is CCOC(=O)N1CCOC[C@H]1C. The van der Waals surface area contributed by atoms with Gasteiger partial charge < -0.3 is 14.4 Å². The van der Waals surface area contributed by atoms with E-state index in [1.54, 1.807) is 4.90 Å². The predicted octanol–water partition coefficient (Wildman–Crippen LogP) is 0.864. The Bertz CT molecular complexity index is 160. The number of ether oxygens (including phenoxy) is 2. The van der Waals surface area contributed by atoms with E-state index in [1.807, 2.05) is 13.8 Å². The Hall–Kier alpha value is -0.770. The van der Waals surface area contributed by atoms with Gasteiger partial charge in [-0.05, 0) is 13.8 Å². The first-order valence-electron chi connectivity index (χ1n) is 4.27. The molecule has 0 bridgehead atoms. The summed E-state index contributed by atoms with van der Waals surface area (Å²) >= 11 is 0. The van der Waals surface area contributed by atoms with Crippen LogP contribution >= 0.6 is 0 Å². The van der Waals surface area contributed by atoms with Crippen molar-refractivity contribution in [2.75, 3.05) is 26.4 Å². The molecule has 1 atom stereocenters. The first-order valence-corrected chi connectivity index (χ1v) is 4.27. The zero-order valence-electron chi connectivity index (χ0n) is 7.58. The average molecular weight is 173 g/mol. The summed E-state index contributed by atoms with van der Waals surface area (Å²) in [5, 5.41) is 0. The van der Waals surface area contributed by atoms with Crippen molar-refractivity contribution in [3.05, 3.63) is 0 Å². The van der Waals surface area contributed by atoms with Crippen LogP contribution in [0.5, 0.6) is 0 Å². The Balaban J connectivity index is 2.42. The lowest BCUT2D eigenvalue weighted by molar-refractivity contribution is -0.00202. The number of hydrogen-bond donors (Lipinski definition) is 0. The van der Waals surface area contributed by atoms with Crippen molar-refractivity contribution in [1.82, 2.24) is 4.90 Å². The molecule has 1 heterocycles. The third-order valence-electron chi connectivity index (χ3n) is 1.87. The minimum Gasteiger partial charge on any atom is -0.450 e. The molecular formula is C8H15NO3. The van der Waals surface area contributed by atoms with Crippen LogP contribution in [0.3, 0.4) is 0 Å². The fourth-order valence-corrected chi connectivity index (χ4v) is 1.20. The molecule has 0 radical (unpaired) electrons. The van der Waals surface area contributed by atoms with Crippen LogP contribution in [-0.4, -0.2) is 43.4 Å². The van der Waals surface area contributed by atoms with Crippen LogP contribution in [-0.2, 0) is 9.47 Å². The van der Waals surface area contributed by atoms with Crippen molar-refractivity contribution in [3.8, 4) is 0 Å². The molecule has 0 aromatic carbocycles. The summed E-state index contributed by atoms with van der Waals surface area (Å²) in [5.41, 5.74) is 0. The number of morpholine rings is 1. The van der Waals surface area contributed by atoms with Gasteiger partial charge in [0, 0.05) is 6.54 Å². The first kappa shape index (κ1) is 9.32. The predicted molar refractivity (Wildman–Crippen MR) is 44.0 cm³/mol. The molecule has 4 heteroatoms. The van der Waals surface area contributed by atoms with E-state index >= 15 is 0 Å². The molecule has 0 aromatic heterocycles. The number of amides is 1. The van der Waals surface area contributed by atoms with Crippen LogP contribution in [0.25, 0.3) is 0 Å². The minimum atomic E-state index is -0.228. The monoisotopic (exact) mass is 173 g/mol. The van der Waals surface area contributed by atoms with Gasteiger partial charge in [-0.15, -0.1) is 0 Å². The van der Waals surface area contributed by atoms with E-state index in [0.29, 0.717) is 26.4 Å². The van der Waals surface area contributed by atoms with E-state index in [2.05, 4.69) is 0 Å². The van der Waals surface area contributed by atoms with Crippen molar-refractivity contribution >= 4 is 6.09 Å². The molecule has 1 rings (SSSR count). The molecule has 0 unspecified atom stereocenters. The van der Waals surface area contributed by atoms with Gasteiger partial charge in [0.05, 0.1) is 25.9 Å². The van der Waals surface area contributed by atoms with Crippen molar-refractivity contribution in [2.24, 2.45) is 0 Å². The highest BCUT2D eigenvalue weighted by atomic mass is 16.6. The van der Waals surface area contributed by atoms with Crippen LogP contribution < -0.4 is 0 Å². The summed E-state index contributed by atoms with van der Waals surface area (Å²) in [6.07, 6.45) is -0.228. The van der Waals surface area contributed by atoms with Gasteiger partial charge in [-0.3, -0.25) is 0 Å². The number of nitrogens with zero attached hydrogens (tertiary/aromatic N) is 1. The fraction of sp³-hybridized carbons (Fsp3) is 0.875. The van der Waals surface area contributed by atoms with E-state index in [9.17, 15) is 4.79 Å². The fourth-order valence-electron chi connectivity index (χ4n) is 1.20. The zero-order chi connectivity index (χ0) is 8.97. The van der Waals surface area contributed by atoms with Crippen molar-refractivity contribution in [1.29, 1.82) is 0 Å². The summed E-state index contributed by atoms with van der Waals surface area (Å²) in [6.45, 7) is 6.06. The second kappa shape index (κ2) is 4.30. The quantitative estimate of drug-likeness (QED) is 0.590. The second-order valence-electron chi connectivity index (χ2n) is 2.82. The molecule has 0 spiro atoms. The maximum Gasteiger partial charge on any atom is 0.410 e. The molecule has 0 N–H and O–H groups in total. The lowest BCUT2D eigenvalue weighted by atomic mass is 10.3. The van der Waals surface area contributed by atoms with Gasteiger partial charge in [0.15, 0.2) is 0 Å². The average Bonchev–Trinajstić information content (AvgIpc) is 2.05. The smallest absolute Gasteiger partial charge is 0.410 e. The largest absolute Gasteiger partial charge is 0.450 e. The van der Waals surface area contributed by atoms with E-state index in [1.165, 1.54) is 0 Å². The molecule has 1 aliphatic rings. The molecule has 1 saturated heterocycles. The van der Waals surface area contributed by atoms with Crippen molar-refractivity contribution in [3.63, 3.8) is 0 Å². The van der Waals surface area contributed by atoms with Gasteiger partial charge in [0.2, 0.25) is 0 Å². The molecular weight excluding hydrogens is 158 g/mol. The topological polar surface area (TPSA) is 38.8 Å². The third kappa shape index (κ3) is 2.11. The number of carbonyl (C=O) groups excluding carboxylic acids is 1. The molecule has 0 aliphatic carbocycles. The Labute approximate surface area is 72.4 Å². The van der Waals surface area contributed by atoms with Crippen LogP contribution in [0, 0.1) is 0 Å². The lowest BCUT2D eigenvalue weighted by Gasteiger charge is -2.32. The Kier molecular flexibility index (Phi) is 3.34. The minimum absolute atomic E-state index is 0.137. The summed E-state index contributed by atoms with van der Waals surface area (Å²) in [4.78, 5) is 13.0. The summed E-state index contributed by atoms with van der Waals surface area (Å²) < 4.78 is 10.1. The maximum absolute atomic E-state index is 11.3. The normalized spacial score (nSPS) is 23.8. The molecule has 1 amide bonds. The third-order valence-corrected chi connectivity index (χ3v) is 1.87. The number of hydrogen-bond acceptors (Lipinski definition) is 3. The van der Waals surface area contributed by atoms with Crippen LogP contribution in [0.1, 0.15) is 13.8 Å². The summed E-state index contributed by atoms with van der Waals surface area (Å²) in [5.74, 6) is 0. The molecule has 1 fully saturated rings. The Morgan fingerprint density at radius 3 is 3.08 bits per heavy atom. The standard InChI is InChI=1S/C8H15NO3/c1-3-12-8(10)9-4-5-11-6-7(9)2/h7H,3-6H2,1-2H3/t7-/m1/s1. The Morgan fingerprint density at radius 2 is 2.50 bits per heavy atom. The highest BCUT2D eigenvalue weighted by Gasteiger charge is 2.24. The first-order chi connectivity index (χ1) is 5.75. The molecule has 0 aromatic rings. The van der Waals surface area contributed by atoms with Crippen molar-refractivity contribution < 1.29 is 14.3 Å². The van der Waals surface area contributed by atoms with E-state index in [4.69, 9.17) is 9.47 Å². The summed E-state index contributed by atoms with van der Waals surface area (Å²) in [7, 11) is 0. The van der Waals surface area contributed by atoms with Gasteiger partial charge in [0.25, 0.3) is 0 Å². The number of rotatable bonds is 1. The van der Waals surface area contributed by atoms with E-state index in [0.717, 1.165) is 0 Å². The lowest BCUT2D eigenvalue weighted by Crippen LogP contribution is -2.47. The highest BCUT2D eigenvalue weighted by Crippen LogP contribution is 2.07. The van der Waals surface area contributed by atoms with Crippen molar-refractivity contribution in [2.45, 2.75) is 19.9 Å². The maximum atomic E-state index is 11.3. The molecule has 12 heavy (non-hydrogen) atoms. The second-order valence-corrected chi connectivity index (χ2v) is 2.82. The summed E-state index contributed by atoms with van der Waals surface area (Å²) in [6, 6.07) is 0.137. The molecule has 1 aliphatic heterocycles. The van der Waals surface area contributed by atoms with E-state index < -0.39 is 0 Å². The zero-order valence-corrected chi connectivity index (χ0v) is 7.58. The van der Waals surface area contributed by atoms with Crippen LogP contribution in [0.2, 0.25) is 0 Å². The molecule has 70 valence electrons. The van der Waals surface area contributed by atoms with E-state index in [-0.39, 0.29) is 12.1 Å². The number of carbonyl (C=O) groups is 1. The van der Waals surface area contributed by atoms with Crippen LogP contribution in [0.4, 0.5) is 4.79 Å².